The SMILES string of the molecule is CN(C)CCC=C1CC=CC2=C1Cc1ccccc1CS2. The summed E-state index contributed by atoms with van der Waals surface area (Å²) in [6.07, 6.45) is 10.4. The van der Waals surface area contributed by atoms with Crippen LogP contribution in [-0.2, 0) is 12.2 Å². The molecular weight excluding hydrogens is 274 g/mol. The van der Waals surface area contributed by atoms with Gasteiger partial charge in [0.15, 0.2) is 0 Å². The number of rotatable bonds is 3. The van der Waals surface area contributed by atoms with E-state index in [4.69, 9.17) is 0 Å². The molecule has 1 heterocycles. The third-order valence-corrected chi connectivity index (χ3v) is 5.28. The van der Waals surface area contributed by atoms with Crippen LogP contribution in [0.2, 0.25) is 0 Å². The van der Waals surface area contributed by atoms with Crippen LogP contribution in [0.3, 0.4) is 0 Å². The fourth-order valence-electron chi connectivity index (χ4n) is 2.93. The van der Waals surface area contributed by atoms with Crippen molar-refractivity contribution >= 4 is 11.8 Å². The van der Waals surface area contributed by atoms with Crippen LogP contribution >= 0.6 is 11.8 Å². The number of hydrogen-bond donors (Lipinski definition) is 0. The van der Waals surface area contributed by atoms with Gasteiger partial charge in [-0.3, -0.25) is 0 Å². The normalized spacial score (nSPS) is 19.7. The lowest BCUT2D eigenvalue weighted by Gasteiger charge is -2.18. The van der Waals surface area contributed by atoms with Crippen LogP contribution in [0.25, 0.3) is 0 Å². The number of benzene rings is 1. The van der Waals surface area contributed by atoms with Crippen LogP contribution in [0.4, 0.5) is 0 Å². The Morgan fingerprint density at radius 3 is 2.81 bits per heavy atom. The van der Waals surface area contributed by atoms with E-state index in [9.17, 15) is 0 Å². The molecule has 0 saturated heterocycles. The summed E-state index contributed by atoms with van der Waals surface area (Å²) >= 11 is 2.00. The Balaban J connectivity index is 1.86. The van der Waals surface area contributed by atoms with Crippen molar-refractivity contribution in [3.63, 3.8) is 0 Å². The van der Waals surface area contributed by atoms with Gasteiger partial charge in [-0.05, 0) is 55.6 Å². The summed E-state index contributed by atoms with van der Waals surface area (Å²) < 4.78 is 0. The summed E-state index contributed by atoms with van der Waals surface area (Å²) in [5, 5.41) is 0. The lowest BCUT2D eigenvalue weighted by atomic mass is 9.90. The summed E-state index contributed by atoms with van der Waals surface area (Å²) in [6.45, 7) is 1.12. The second-order valence-electron chi connectivity index (χ2n) is 6.00. The van der Waals surface area contributed by atoms with Gasteiger partial charge >= 0.3 is 0 Å². The number of fused-ring (bicyclic) bond motifs is 1. The van der Waals surface area contributed by atoms with Crippen molar-refractivity contribution in [3.8, 4) is 0 Å². The Kier molecular flexibility index (Phi) is 4.67. The molecule has 0 fully saturated rings. The van der Waals surface area contributed by atoms with Crippen molar-refractivity contribution in [1.82, 2.24) is 4.90 Å². The molecule has 1 aliphatic heterocycles. The van der Waals surface area contributed by atoms with Crippen molar-refractivity contribution in [3.05, 3.63) is 69.7 Å². The largest absolute Gasteiger partial charge is 0.309 e. The molecule has 0 amide bonds. The average molecular weight is 297 g/mol. The molecule has 2 heteroatoms. The standard InChI is InChI=1S/C19H23NS/c1-20(2)12-6-10-15-9-5-11-19-18(15)13-16-7-3-4-8-17(16)14-21-19/h3-5,7-8,10-11H,6,9,12-14H2,1-2H3. The van der Waals surface area contributed by atoms with E-state index >= 15 is 0 Å². The Labute approximate surface area is 132 Å². The zero-order chi connectivity index (χ0) is 14.7. The van der Waals surface area contributed by atoms with Gasteiger partial charge in [0.2, 0.25) is 0 Å². The van der Waals surface area contributed by atoms with Gasteiger partial charge < -0.3 is 4.90 Å². The Morgan fingerprint density at radius 2 is 2.00 bits per heavy atom. The maximum atomic E-state index is 2.45. The number of thioether (sulfide) groups is 1. The molecule has 1 aliphatic carbocycles. The highest BCUT2D eigenvalue weighted by molar-refractivity contribution is 8.02. The van der Waals surface area contributed by atoms with Gasteiger partial charge in [-0.15, -0.1) is 11.8 Å². The molecule has 0 aromatic heterocycles. The van der Waals surface area contributed by atoms with E-state index < -0.39 is 0 Å². The van der Waals surface area contributed by atoms with Gasteiger partial charge in [-0.1, -0.05) is 42.5 Å². The van der Waals surface area contributed by atoms with E-state index in [2.05, 4.69) is 61.5 Å². The third kappa shape index (κ3) is 3.50. The Hall–Kier alpha value is -1.25. The van der Waals surface area contributed by atoms with E-state index in [1.165, 1.54) is 16.0 Å². The Bertz CT molecular complexity index is 608. The van der Waals surface area contributed by atoms with Gasteiger partial charge in [0, 0.05) is 17.2 Å². The third-order valence-electron chi connectivity index (χ3n) is 4.13. The van der Waals surface area contributed by atoms with E-state index in [1.807, 2.05) is 11.8 Å². The molecule has 1 aromatic carbocycles. The number of nitrogens with zero attached hydrogens (tertiary/aromatic N) is 1. The summed E-state index contributed by atoms with van der Waals surface area (Å²) in [5.41, 5.74) is 6.10. The predicted molar refractivity (Wildman–Crippen MR) is 93.5 cm³/mol. The van der Waals surface area contributed by atoms with Gasteiger partial charge in [-0.25, -0.2) is 0 Å². The van der Waals surface area contributed by atoms with Crippen molar-refractivity contribution in [2.24, 2.45) is 0 Å². The number of hydrogen-bond acceptors (Lipinski definition) is 2. The first-order valence-corrected chi connectivity index (χ1v) is 8.66. The second kappa shape index (κ2) is 6.67. The fourth-order valence-corrected chi connectivity index (χ4v) is 4.09. The molecule has 1 aromatic rings. The van der Waals surface area contributed by atoms with Crippen molar-refractivity contribution < 1.29 is 0 Å². The van der Waals surface area contributed by atoms with E-state index in [0.29, 0.717) is 0 Å². The predicted octanol–water partition coefficient (Wildman–Crippen LogP) is 4.57. The van der Waals surface area contributed by atoms with E-state index in [0.717, 1.165) is 31.6 Å². The lowest BCUT2D eigenvalue weighted by Crippen LogP contribution is -2.12. The minimum absolute atomic E-state index is 1.09. The highest BCUT2D eigenvalue weighted by Gasteiger charge is 2.19. The molecule has 21 heavy (non-hydrogen) atoms. The summed E-state index contributed by atoms with van der Waals surface area (Å²) in [6, 6.07) is 8.90. The molecule has 1 nitrogen and oxygen atoms in total. The minimum Gasteiger partial charge on any atom is -0.309 e. The molecule has 3 rings (SSSR count). The van der Waals surface area contributed by atoms with Gasteiger partial charge in [0.25, 0.3) is 0 Å². The van der Waals surface area contributed by atoms with Crippen LogP contribution in [0.5, 0.6) is 0 Å². The van der Waals surface area contributed by atoms with E-state index in [-0.39, 0.29) is 0 Å². The Morgan fingerprint density at radius 1 is 1.19 bits per heavy atom. The van der Waals surface area contributed by atoms with Crippen molar-refractivity contribution in [1.29, 1.82) is 0 Å². The number of allylic oxidation sites excluding steroid dienone is 4. The molecule has 110 valence electrons. The molecule has 0 radical (unpaired) electrons. The molecule has 0 bridgehead atoms. The van der Waals surface area contributed by atoms with Gasteiger partial charge in [0.05, 0.1) is 0 Å². The van der Waals surface area contributed by atoms with Crippen LogP contribution in [0, 0.1) is 0 Å². The first-order valence-electron chi connectivity index (χ1n) is 7.67. The highest BCUT2D eigenvalue weighted by atomic mass is 32.2. The maximum Gasteiger partial charge on any atom is 0.0234 e. The fraction of sp³-hybridized carbons (Fsp3) is 0.368. The van der Waals surface area contributed by atoms with Crippen molar-refractivity contribution in [2.75, 3.05) is 20.6 Å². The highest BCUT2D eigenvalue weighted by Crippen LogP contribution is 2.39. The van der Waals surface area contributed by atoms with E-state index in [1.54, 1.807) is 11.1 Å². The summed E-state index contributed by atoms with van der Waals surface area (Å²) in [7, 11) is 4.28. The smallest absolute Gasteiger partial charge is 0.0234 e. The van der Waals surface area contributed by atoms with Crippen LogP contribution in [0.15, 0.2) is 58.5 Å². The first kappa shape index (κ1) is 14.7. The van der Waals surface area contributed by atoms with Crippen LogP contribution < -0.4 is 0 Å². The average Bonchev–Trinajstić information content (AvgIpc) is 2.67. The second-order valence-corrected chi connectivity index (χ2v) is 7.02. The molecule has 2 aliphatic rings. The quantitative estimate of drug-likeness (QED) is 0.804. The minimum atomic E-state index is 1.09. The molecule has 0 N–H and O–H groups in total. The molecule has 0 saturated carbocycles. The van der Waals surface area contributed by atoms with Crippen molar-refractivity contribution in [2.45, 2.75) is 25.0 Å². The molecule has 0 atom stereocenters. The maximum absolute atomic E-state index is 2.45. The van der Waals surface area contributed by atoms with Crippen LogP contribution in [0.1, 0.15) is 24.0 Å². The summed E-state index contributed by atoms with van der Waals surface area (Å²) in [5.74, 6) is 1.10. The zero-order valence-corrected chi connectivity index (χ0v) is 13.7. The summed E-state index contributed by atoms with van der Waals surface area (Å²) in [4.78, 5) is 3.73. The zero-order valence-electron chi connectivity index (χ0n) is 12.9. The molecule has 0 spiro atoms. The molecular formula is C19H23NS. The van der Waals surface area contributed by atoms with Gasteiger partial charge in [-0.2, -0.15) is 0 Å². The molecule has 0 unspecified atom stereocenters. The first-order chi connectivity index (χ1) is 10.2. The lowest BCUT2D eigenvalue weighted by molar-refractivity contribution is 0.417. The van der Waals surface area contributed by atoms with Gasteiger partial charge in [0.1, 0.15) is 0 Å². The monoisotopic (exact) mass is 297 g/mol. The topological polar surface area (TPSA) is 3.24 Å². The van der Waals surface area contributed by atoms with Crippen LogP contribution in [-0.4, -0.2) is 25.5 Å².